The van der Waals surface area contributed by atoms with E-state index >= 15 is 0 Å². The first kappa shape index (κ1) is 18.2. The third-order valence-corrected chi connectivity index (χ3v) is 3.41. The summed E-state index contributed by atoms with van der Waals surface area (Å²) < 4.78 is 0. The van der Waals surface area contributed by atoms with Crippen molar-refractivity contribution in [1.82, 2.24) is 10.2 Å². The average molecular weight is 305 g/mol. The number of hydrogen-bond acceptors (Lipinski definition) is 3. The standard InChI is InChI=1S/C17H27N3O2/c1-13(2)15-8-6-7-9-16(15)20(14(3)21)12-17(22)18-10-11-19(4)5/h6-9,13H,10-12H2,1-5H3,(H,18,22). The first-order valence-corrected chi connectivity index (χ1v) is 7.61. The number of carbonyl (C=O) groups is 2. The molecule has 5 nitrogen and oxygen atoms in total. The molecule has 0 aliphatic carbocycles. The Kier molecular flexibility index (Phi) is 7.05. The minimum absolute atomic E-state index is 0.0481. The Bertz CT molecular complexity index is 512. The summed E-state index contributed by atoms with van der Waals surface area (Å²) >= 11 is 0. The second kappa shape index (κ2) is 8.54. The number of likely N-dealkylation sites (N-methyl/N-ethyl adjacent to an activating group) is 1. The summed E-state index contributed by atoms with van der Waals surface area (Å²) in [6.07, 6.45) is 0. The van der Waals surface area contributed by atoms with E-state index in [9.17, 15) is 9.59 Å². The van der Waals surface area contributed by atoms with Crippen molar-refractivity contribution in [2.45, 2.75) is 26.7 Å². The summed E-state index contributed by atoms with van der Waals surface area (Å²) in [6.45, 7) is 7.04. The zero-order valence-electron chi connectivity index (χ0n) is 14.2. The number of amides is 2. The van der Waals surface area contributed by atoms with Crippen LogP contribution in [0.15, 0.2) is 24.3 Å². The quantitative estimate of drug-likeness (QED) is 0.836. The largest absolute Gasteiger partial charge is 0.353 e. The molecule has 0 bridgehead atoms. The van der Waals surface area contributed by atoms with Crippen molar-refractivity contribution >= 4 is 17.5 Å². The highest BCUT2D eigenvalue weighted by molar-refractivity contribution is 5.98. The lowest BCUT2D eigenvalue weighted by Crippen LogP contribution is -2.42. The van der Waals surface area contributed by atoms with Gasteiger partial charge in [0.05, 0.1) is 0 Å². The fourth-order valence-corrected chi connectivity index (χ4v) is 2.21. The molecule has 0 radical (unpaired) electrons. The van der Waals surface area contributed by atoms with Gasteiger partial charge in [0.2, 0.25) is 11.8 Å². The number of para-hydroxylation sites is 1. The Morgan fingerprint density at radius 2 is 1.82 bits per heavy atom. The molecule has 0 aromatic heterocycles. The molecule has 122 valence electrons. The molecule has 0 saturated carbocycles. The molecule has 1 aromatic carbocycles. The van der Waals surface area contributed by atoms with Crippen LogP contribution in [0.3, 0.4) is 0 Å². The van der Waals surface area contributed by atoms with Crippen LogP contribution in [0.2, 0.25) is 0 Å². The first-order chi connectivity index (χ1) is 10.3. The molecule has 1 rings (SSSR count). The number of hydrogen-bond donors (Lipinski definition) is 1. The number of anilines is 1. The van der Waals surface area contributed by atoms with E-state index in [0.29, 0.717) is 6.54 Å². The van der Waals surface area contributed by atoms with Crippen molar-refractivity contribution in [1.29, 1.82) is 0 Å². The Hall–Kier alpha value is -1.88. The summed E-state index contributed by atoms with van der Waals surface area (Å²) in [5.41, 5.74) is 1.88. The van der Waals surface area contributed by atoms with E-state index in [1.54, 1.807) is 4.90 Å². The zero-order chi connectivity index (χ0) is 16.7. The number of carbonyl (C=O) groups excluding carboxylic acids is 2. The van der Waals surface area contributed by atoms with Crippen molar-refractivity contribution in [2.24, 2.45) is 0 Å². The van der Waals surface area contributed by atoms with Crippen molar-refractivity contribution in [3.8, 4) is 0 Å². The first-order valence-electron chi connectivity index (χ1n) is 7.61. The topological polar surface area (TPSA) is 52.7 Å². The van der Waals surface area contributed by atoms with Gasteiger partial charge in [-0.15, -0.1) is 0 Å². The van der Waals surface area contributed by atoms with Crippen LogP contribution in [-0.4, -0.2) is 50.4 Å². The second-order valence-corrected chi connectivity index (χ2v) is 5.97. The SMILES string of the molecule is CC(=O)N(CC(=O)NCCN(C)C)c1ccccc1C(C)C. The summed E-state index contributed by atoms with van der Waals surface area (Å²) in [5.74, 6) is 0.0151. The average Bonchev–Trinajstić information content (AvgIpc) is 2.44. The Balaban J connectivity index is 2.83. The zero-order valence-corrected chi connectivity index (χ0v) is 14.2. The van der Waals surface area contributed by atoms with Gasteiger partial charge in [-0.2, -0.15) is 0 Å². The van der Waals surface area contributed by atoms with Crippen LogP contribution < -0.4 is 10.2 Å². The smallest absolute Gasteiger partial charge is 0.240 e. The molecule has 0 spiro atoms. The number of nitrogens with zero attached hydrogens (tertiary/aromatic N) is 2. The van der Waals surface area contributed by atoms with Gasteiger partial charge >= 0.3 is 0 Å². The molecular formula is C17H27N3O2. The van der Waals surface area contributed by atoms with Crippen molar-refractivity contribution in [3.63, 3.8) is 0 Å². The molecular weight excluding hydrogens is 278 g/mol. The van der Waals surface area contributed by atoms with Gasteiger partial charge in [0, 0.05) is 25.7 Å². The van der Waals surface area contributed by atoms with Gasteiger partial charge in [-0.3, -0.25) is 9.59 Å². The van der Waals surface area contributed by atoms with E-state index in [1.165, 1.54) is 6.92 Å². The number of benzene rings is 1. The minimum Gasteiger partial charge on any atom is -0.353 e. The van der Waals surface area contributed by atoms with Crippen LogP contribution >= 0.6 is 0 Å². The predicted molar refractivity (Wildman–Crippen MR) is 90.1 cm³/mol. The summed E-state index contributed by atoms with van der Waals surface area (Å²) in [7, 11) is 3.90. The fourth-order valence-electron chi connectivity index (χ4n) is 2.21. The molecule has 0 unspecified atom stereocenters. The molecule has 0 saturated heterocycles. The normalized spacial score (nSPS) is 10.9. The van der Waals surface area contributed by atoms with Gasteiger partial charge in [0.15, 0.2) is 0 Å². The molecule has 2 amide bonds. The predicted octanol–water partition coefficient (Wildman–Crippen LogP) is 1.84. The van der Waals surface area contributed by atoms with E-state index in [4.69, 9.17) is 0 Å². The van der Waals surface area contributed by atoms with Gasteiger partial charge in [0.1, 0.15) is 6.54 Å². The Morgan fingerprint density at radius 1 is 1.18 bits per heavy atom. The van der Waals surface area contributed by atoms with Crippen molar-refractivity contribution in [2.75, 3.05) is 38.6 Å². The summed E-state index contributed by atoms with van der Waals surface area (Å²) in [6, 6.07) is 7.74. The maximum atomic E-state index is 12.1. The van der Waals surface area contributed by atoms with Crippen molar-refractivity contribution < 1.29 is 9.59 Å². The van der Waals surface area contributed by atoms with E-state index in [2.05, 4.69) is 19.2 Å². The van der Waals surface area contributed by atoms with E-state index < -0.39 is 0 Å². The van der Waals surface area contributed by atoms with E-state index in [-0.39, 0.29) is 24.3 Å². The minimum atomic E-state index is -0.143. The van der Waals surface area contributed by atoms with Gasteiger partial charge < -0.3 is 15.1 Å². The summed E-state index contributed by atoms with van der Waals surface area (Å²) in [4.78, 5) is 27.6. The lowest BCUT2D eigenvalue weighted by Gasteiger charge is -2.25. The number of rotatable bonds is 7. The summed E-state index contributed by atoms with van der Waals surface area (Å²) in [5, 5.41) is 2.84. The highest BCUT2D eigenvalue weighted by Crippen LogP contribution is 2.27. The molecule has 0 aliphatic heterocycles. The lowest BCUT2D eigenvalue weighted by molar-refractivity contribution is -0.123. The van der Waals surface area contributed by atoms with E-state index in [1.807, 2.05) is 43.3 Å². The molecule has 1 N–H and O–H groups in total. The third kappa shape index (κ3) is 5.48. The Labute approximate surface area is 133 Å². The van der Waals surface area contributed by atoms with Crippen LogP contribution in [0.25, 0.3) is 0 Å². The van der Waals surface area contributed by atoms with Crippen LogP contribution in [0, 0.1) is 0 Å². The molecule has 0 aliphatic rings. The molecule has 22 heavy (non-hydrogen) atoms. The lowest BCUT2D eigenvalue weighted by atomic mass is 10.0. The molecule has 0 heterocycles. The monoisotopic (exact) mass is 305 g/mol. The van der Waals surface area contributed by atoms with Gasteiger partial charge in [-0.25, -0.2) is 0 Å². The van der Waals surface area contributed by atoms with Crippen LogP contribution in [0.1, 0.15) is 32.3 Å². The Morgan fingerprint density at radius 3 is 2.36 bits per heavy atom. The van der Waals surface area contributed by atoms with Gasteiger partial charge in [-0.1, -0.05) is 32.0 Å². The highest BCUT2D eigenvalue weighted by Gasteiger charge is 2.19. The van der Waals surface area contributed by atoms with Crippen LogP contribution in [0.5, 0.6) is 0 Å². The van der Waals surface area contributed by atoms with E-state index in [0.717, 1.165) is 17.8 Å². The molecule has 0 atom stereocenters. The van der Waals surface area contributed by atoms with Crippen molar-refractivity contribution in [3.05, 3.63) is 29.8 Å². The third-order valence-electron chi connectivity index (χ3n) is 3.41. The van der Waals surface area contributed by atoms with Gasteiger partial charge in [0.25, 0.3) is 0 Å². The van der Waals surface area contributed by atoms with Crippen LogP contribution in [0.4, 0.5) is 5.69 Å². The second-order valence-electron chi connectivity index (χ2n) is 5.97. The maximum absolute atomic E-state index is 12.1. The molecule has 1 aromatic rings. The highest BCUT2D eigenvalue weighted by atomic mass is 16.2. The maximum Gasteiger partial charge on any atom is 0.240 e. The fraction of sp³-hybridized carbons (Fsp3) is 0.529. The molecule has 5 heteroatoms. The van der Waals surface area contributed by atoms with Crippen LogP contribution in [-0.2, 0) is 9.59 Å². The van der Waals surface area contributed by atoms with Gasteiger partial charge in [-0.05, 0) is 31.6 Å². The number of nitrogens with one attached hydrogen (secondary N) is 1. The molecule has 0 fully saturated rings.